The van der Waals surface area contributed by atoms with Crippen LogP contribution in [0.2, 0.25) is 0 Å². The van der Waals surface area contributed by atoms with E-state index >= 15 is 0 Å². The molecule has 4 heterocycles. The molecule has 278 valence electrons. The van der Waals surface area contributed by atoms with Gasteiger partial charge in [0.1, 0.15) is 55.9 Å². The SMILES string of the molecule is CC(=O)OC[C@H]1O[C@H]2OC(C)CCCCCCCCCCCCCCCC(=O)O[C@H]3[C@H](O)[C@@H](O)[C@H](O[C@@H]2[C@@H](O)[C@@H]1O)O[C@@H]3COC(C)=O. The predicted molar refractivity (Wildman–Crippen MR) is 169 cm³/mol. The van der Waals surface area contributed by atoms with Crippen molar-refractivity contribution in [3.8, 4) is 0 Å². The van der Waals surface area contributed by atoms with Gasteiger partial charge in [0.25, 0.3) is 0 Å². The van der Waals surface area contributed by atoms with Crippen molar-refractivity contribution in [1.82, 2.24) is 0 Å². The number of carbonyl (C=O) groups is 3. The minimum atomic E-state index is -1.78. The Bertz CT molecular complexity index is 964. The van der Waals surface area contributed by atoms with Crippen LogP contribution in [-0.2, 0) is 47.5 Å². The van der Waals surface area contributed by atoms with E-state index in [1.807, 2.05) is 6.92 Å². The number of esters is 3. The summed E-state index contributed by atoms with van der Waals surface area (Å²) < 4.78 is 39.7. The molecule has 4 saturated heterocycles. The molecule has 0 aromatic carbocycles. The molecule has 0 aliphatic carbocycles. The fraction of sp³-hybridized carbons (Fsp3) is 0.912. The number of aliphatic hydroxyl groups excluding tert-OH is 4. The van der Waals surface area contributed by atoms with Crippen LogP contribution < -0.4 is 0 Å². The highest BCUT2D eigenvalue weighted by Gasteiger charge is 2.53. The van der Waals surface area contributed by atoms with Crippen molar-refractivity contribution in [2.45, 2.75) is 185 Å². The highest BCUT2D eigenvalue weighted by atomic mass is 16.8. The maximum atomic E-state index is 12.8. The number of ether oxygens (including phenoxy) is 7. The molecule has 4 rings (SSSR count). The van der Waals surface area contributed by atoms with E-state index in [0.29, 0.717) is 12.8 Å². The molecule has 4 aliphatic rings. The smallest absolute Gasteiger partial charge is 0.306 e. The van der Waals surface area contributed by atoms with E-state index in [0.717, 1.165) is 38.5 Å². The van der Waals surface area contributed by atoms with E-state index in [1.54, 1.807) is 0 Å². The zero-order valence-electron chi connectivity index (χ0n) is 28.7. The summed E-state index contributed by atoms with van der Waals surface area (Å²) in [7, 11) is 0. The van der Waals surface area contributed by atoms with Crippen LogP contribution in [0.3, 0.4) is 0 Å². The fourth-order valence-electron chi connectivity index (χ4n) is 6.30. The van der Waals surface area contributed by atoms with E-state index in [-0.39, 0.29) is 19.1 Å². The van der Waals surface area contributed by atoms with Crippen LogP contribution >= 0.6 is 0 Å². The second kappa shape index (κ2) is 21.3. The Balaban J connectivity index is 1.80. The van der Waals surface area contributed by atoms with Crippen LogP contribution in [0.1, 0.15) is 117 Å². The van der Waals surface area contributed by atoms with E-state index in [2.05, 4.69) is 0 Å². The Labute approximate surface area is 283 Å². The molecule has 0 amide bonds. The van der Waals surface area contributed by atoms with Crippen molar-refractivity contribution in [1.29, 1.82) is 0 Å². The van der Waals surface area contributed by atoms with E-state index in [1.165, 1.54) is 52.4 Å². The van der Waals surface area contributed by atoms with Crippen LogP contribution in [0.15, 0.2) is 0 Å². The number of hydrogen-bond donors (Lipinski definition) is 4. The molecule has 4 fully saturated rings. The van der Waals surface area contributed by atoms with Gasteiger partial charge in [0, 0.05) is 20.3 Å². The first-order valence-corrected chi connectivity index (χ1v) is 17.8. The number of rotatable bonds is 4. The average molecular weight is 691 g/mol. The van der Waals surface area contributed by atoms with Gasteiger partial charge in [0.15, 0.2) is 18.7 Å². The topological polar surface area (TPSA) is 197 Å². The third kappa shape index (κ3) is 13.4. The van der Waals surface area contributed by atoms with Gasteiger partial charge in [-0.05, 0) is 19.8 Å². The van der Waals surface area contributed by atoms with Crippen LogP contribution in [0.5, 0.6) is 0 Å². The van der Waals surface area contributed by atoms with Gasteiger partial charge in [0.05, 0.1) is 6.10 Å². The fourth-order valence-corrected chi connectivity index (χ4v) is 6.30. The summed E-state index contributed by atoms with van der Waals surface area (Å²) in [5.74, 6) is -1.84. The lowest BCUT2D eigenvalue weighted by Gasteiger charge is -2.47. The van der Waals surface area contributed by atoms with Crippen molar-refractivity contribution in [2.24, 2.45) is 0 Å². The Hall–Kier alpha value is -1.91. The normalized spacial score (nSPS) is 37.5. The molecule has 4 N–H and O–H groups in total. The van der Waals surface area contributed by atoms with Crippen molar-refractivity contribution < 1.29 is 68.0 Å². The monoisotopic (exact) mass is 690 g/mol. The van der Waals surface area contributed by atoms with Crippen molar-refractivity contribution in [2.75, 3.05) is 13.2 Å². The first-order chi connectivity index (χ1) is 23.0. The molecule has 0 spiro atoms. The van der Waals surface area contributed by atoms with Gasteiger partial charge < -0.3 is 53.6 Å². The van der Waals surface area contributed by atoms with Crippen molar-refractivity contribution in [3.05, 3.63) is 0 Å². The second-order valence-electron chi connectivity index (χ2n) is 13.3. The van der Waals surface area contributed by atoms with Gasteiger partial charge in [0.2, 0.25) is 0 Å². The van der Waals surface area contributed by atoms with Crippen LogP contribution in [0.4, 0.5) is 0 Å². The summed E-state index contributed by atoms with van der Waals surface area (Å²) >= 11 is 0. The lowest BCUT2D eigenvalue weighted by molar-refractivity contribution is -0.371. The maximum Gasteiger partial charge on any atom is 0.306 e. The summed E-state index contributed by atoms with van der Waals surface area (Å²) in [4.78, 5) is 35.8. The molecule has 14 nitrogen and oxygen atoms in total. The lowest BCUT2D eigenvalue weighted by atomic mass is 9.97. The highest BCUT2D eigenvalue weighted by molar-refractivity contribution is 5.69. The third-order valence-corrected chi connectivity index (χ3v) is 9.10. The van der Waals surface area contributed by atoms with E-state index in [9.17, 15) is 34.8 Å². The van der Waals surface area contributed by atoms with Crippen LogP contribution in [-0.4, -0.2) is 119 Å². The van der Waals surface area contributed by atoms with Gasteiger partial charge in [-0.3, -0.25) is 14.4 Å². The molecule has 0 aromatic rings. The molecule has 4 aliphatic heterocycles. The molecule has 0 aromatic heterocycles. The van der Waals surface area contributed by atoms with Gasteiger partial charge >= 0.3 is 17.9 Å². The second-order valence-corrected chi connectivity index (χ2v) is 13.3. The van der Waals surface area contributed by atoms with Gasteiger partial charge in [-0.1, -0.05) is 77.0 Å². The Kier molecular flexibility index (Phi) is 18.0. The van der Waals surface area contributed by atoms with Crippen LogP contribution in [0.25, 0.3) is 0 Å². The first-order valence-electron chi connectivity index (χ1n) is 17.8. The number of hydrogen-bond acceptors (Lipinski definition) is 14. The van der Waals surface area contributed by atoms with Gasteiger partial charge in [-0.2, -0.15) is 0 Å². The highest BCUT2D eigenvalue weighted by Crippen LogP contribution is 2.32. The van der Waals surface area contributed by atoms with Crippen LogP contribution in [0, 0.1) is 0 Å². The Morgan fingerprint density at radius 3 is 1.65 bits per heavy atom. The van der Waals surface area contributed by atoms with Crippen molar-refractivity contribution in [3.63, 3.8) is 0 Å². The standard InChI is InChI=1S/C34H58O14/c1-21-17-15-13-11-9-7-5-4-6-8-10-12-14-16-18-26(37)47-31-25(20-43-23(3)36)46-33(30(41)29(31)40)48-32-28(39)27(38)24(19-42-22(2)35)45-34(32)44-21/h21,24-25,27-34,38-41H,4-20H2,1-3H3/t21?,24-,25-,27-,28+,29-,30-,31-,32-,33+,34-/m1/s1. The minimum Gasteiger partial charge on any atom is -0.463 e. The molecular weight excluding hydrogens is 632 g/mol. The predicted octanol–water partition coefficient (Wildman–Crippen LogP) is 2.57. The Morgan fingerprint density at radius 2 is 1.08 bits per heavy atom. The third-order valence-electron chi connectivity index (χ3n) is 9.10. The van der Waals surface area contributed by atoms with Gasteiger partial charge in [-0.15, -0.1) is 0 Å². The zero-order chi connectivity index (χ0) is 35.1. The summed E-state index contributed by atoms with van der Waals surface area (Å²) in [6.45, 7) is 3.45. The minimum absolute atomic E-state index is 0.106. The molecule has 1 unspecified atom stereocenters. The molecule has 0 saturated carbocycles. The summed E-state index contributed by atoms with van der Waals surface area (Å²) in [6, 6.07) is 0. The average Bonchev–Trinajstić information content (AvgIpc) is 3.03. The number of aliphatic hydroxyl groups is 4. The Morgan fingerprint density at radius 1 is 0.604 bits per heavy atom. The first kappa shape index (κ1) is 40.5. The lowest BCUT2D eigenvalue weighted by Crippen LogP contribution is -2.65. The molecule has 48 heavy (non-hydrogen) atoms. The zero-order valence-corrected chi connectivity index (χ0v) is 28.7. The summed E-state index contributed by atoms with van der Waals surface area (Å²) in [5.41, 5.74) is 0. The summed E-state index contributed by atoms with van der Waals surface area (Å²) in [5, 5.41) is 44.2. The molecule has 14 heteroatoms. The number of carbonyl (C=O) groups excluding carboxylic acids is 3. The summed E-state index contributed by atoms with van der Waals surface area (Å²) in [6.07, 6.45) is -0.652. The van der Waals surface area contributed by atoms with Crippen molar-refractivity contribution >= 4 is 17.9 Å². The molecular formula is C34H58O14. The largest absolute Gasteiger partial charge is 0.463 e. The maximum absolute atomic E-state index is 12.8. The molecule has 0 radical (unpaired) electrons. The molecule has 11 atom stereocenters. The van der Waals surface area contributed by atoms with E-state index < -0.39 is 85.9 Å². The van der Waals surface area contributed by atoms with E-state index in [4.69, 9.17) is 33.2 Å². The molecule has 2 bridgehead atoms. The quantitative estimate of drug-likeness (QED) is 0.248. The number of fused-ring (bicyclic) bond motifs is 20. The van der Waals surface area contributed by atoms with Gasteiger partial charge in [-0.25, -0.2) is 0 Å².